The molecule has 0 bridgehead atoms. The van der Waals surface area contributed by atoms with E-state index in [1.54, 1.807) is 0 Å². The molecule has 0 atom stereocenters. The highest BCUT2D eigenvalue weighted by atomic mass is 16.5. The smallest absolute Gasteiger partial charge is 0.170 e. The maximum atomic E-state index is 9.69. The third-order valence-corrected chi connectivity index (χ3v) is 2.32. The van der Waals surface area contributed by atoms with Crippen LogP contribution in [0.5, 0.6) is 0 Å². The van der Waals surface area contributed by atoms with Gasteiger partial charge in [-0.1, -0.05) is 0 Å². The lowest BCUT2D eigenvalue weighted by Crippen LogP contribution is -2.34. The Labute approximate surface area is 97.8 Å². The molecule has 0 spiro atoms. The van der Waals surface area contributed by atoms with E-state index in [1.165, 1.54) is 4.90 Å². The second-order valence-electron chi connectivity index (χ2n) is 3.48. The van der Waals surface area contributed by atoms with Gasteiger partial charge in [0.1, 0.15) is 11.0 Å². The molecule has 0 saturated heterocycles. The third kappa shape index (κ3) is 2.60. The molecular weight excluding hydrogens is 226 g/mol. The van der Waals surface area contributed by atoms with Gasteiger partial charge in [0.15, 0.2) is 5.82 Å². The van der Waals surface area contributed by atoms with Crippen molar-refractivity contribution >= 4 is 17.2 Å². The van der Waals surface area contributed by atoms with Crippen molar-refractivity contribution in [2.45, 2.75) is 0 Å². The van der Waals surface area contributed by atoms with E-state index in [9.17, 15) is 5.21 Å². The predicted octanol–water partition coefficient (Wildman–Crippen LogP) is -1.84. The van der Waals surface area contributed by atoms with Crippen molar-refractivity contribution in [2.24, 2.45) is 0 Å². The van der Waals surface area contributed by atoms with Gasteiger partial charge in [0.05, 0.1) is 25.1 Å². The van der Waals surface area contributed by atoms with Gasteiger partial charge in [-0.05, 0) is 0 Å². The summed E-state index contributed by atoms with van der Waals surface area (Å²) in [6.45, 7) is 0.0116. The lowest BCUT2D eigenvalue weighted by molar-refractivity contribution is 0.185. The van der Waals surface area contributed by atoms with Crippen molar-refractivity contribution in [3.8, 4) is 0 Å². The average Bonchev–Trinajstić information content (AvgIpc) is 2.27. The molecule has 0 aliphatic carbocycles. The number of hydrogen-bond acceptors (Lipinski definition) is 7. The number of pyridine rings is 1. The average molecular weight is 243 g/mol. The minimum Gasteiger partial charge on any atom is -0.427 e. The fourth-order valence-electron chi connectivity index (χ4n) is 1.53. The van der Waals surface area contributed by atoms with Crippen LogP contribution in [-0.4, -0.2) is 46.5 Å². The first kappa shape index (κ1) is 13.1. The van der Waals surface area contributed by atoms with Crippen LogP contribution in [0.2, 0.25) is 0 Å². The van der Waals surface area contributed by atoms with E-state index >= 15 is 0 Å². The molecule has 0 aromatic carbocycles. The minimum atomic E-state index is -0.169. The first-order chi connectivity index (χ1) is 8.02. The van der Waals surface area contributed by atoms with Crippen LogP contribution in [-0.2, 0) is 0 Å². The van der Waals surface area contributed by atoms with Crippen molar-refractivity contribution in [3.05, 3.63) is 11.6 Å². The van der Waals surface area contributed by atoms with E-state index in [0.29, 0.717) is 4.73 Å². The second-order valence-corrected chi connectivity index (χ2v) is 3.48. The highest BCUT2D eigenvalue weighted by molar-refractivity contribution is 5.66. The quantitative estimate of drug-likeness (QED) is 0.335. The van der Waals surface area contributed by atoms with Crippen LogP contribution >= 0.6 is 0 Å². The maximum absolute atomic E-state index is 9.69. The molecule has 17 heavy (non-hydrogen) atoms. The molecule has 0 aliphatic heterocycles. The van der Waals surface area contributed by atoms with Crippen molar-refractivity contribution in [2.75, 3.05) is 42.7 Å². The second kappa shape index (κ2) is 5.41. The molecule has 1 rings (SSSR count). The van der Waals surface area contributed by atoms with Crippen molar-refractivity contribution in [3.63, 3.8) is 0 Å². The summed E-state index contributed by atoms with van der Waals surface area (Å²) >= 11 is 0. The monoisotopic (exact) mass is 243 g/mol. The summed E-state index contributed by atoms with van der Waals surface area (Å²) in [6.07, 6.45) is 1.15. The number of aliphatic hydroxyl groups excluding tert-OH is 2. The molecule has 1 aromatic rings. The van der Waals surface area contributed by atoms with Gasteiger partial charge in [-0.2, -0.15) is 4.73 Å². The van der Waals surface area contributed by atoms with E-state index in [4.69, 9.17) is 27.1 Å². The Bertz CT molecular complexity index is 439. The summed E-state index contributed by atoms with van der Waals surface area (Å²) in [5.74, 6) is 0.132. The third-order valence-electron chi connectivity index (χ3n) is 2.32. The zero-order chi connectivity index (χ0) is 13.0. The highest BCUT2D eigenvalue weighted by Crippen LogP contribution is 2.19. The Hall–Kier alpha value is -1.93. The summed E-state index contributed by atoms with van der Waals surface area (Å²) in [5.41, 5.74) is 11.2. The van der Waals surface area contributed by atoms with Gasteiger partial charge in [-0.3, -0.25) is 5.41 Å². The van der Waals surface area contributed by atoms with E-state index in [0.717, 1.165) is 6.20 Å². The van der Waals surface area contributed by atoms with Crippen LogP contribution in [0.1, 0.15) is 0 Å². The van der Waals surface area contributed by atoms with Gasteiger partial charge in [-0.15, -0.1) is 0 Å². The van der Waals surface area contributed by atoms with Gasteiger partial charge < -0.3 is 31.8 Å². The molecule has 0 fully saturated rings. The molecule has 0 aliphatic rings. The number of nitrogen functional groups attached to an aromatic ring is 2. The van der Waals surface area contributed by atoms with Crippen LogP contribution in [0.3, 0.4) is 0 Å². The number of nitrogens with zero attached hydrogens (tertiary/aromatic N) is 2. The number of aliphatic hydroxyl groups is 2. The van der Waals surface area contributed by atoms with Gasteiger partial charge in [0.2, 0.25) is 0 Å². The summed E-state index contributed by atoms with van der Waals surface area (Å²) in [4.78, 5) is 1.47. The van der Waals surface area contributed by atoms with E-state index in [2.05, 4.69) is 0 Å². The molecular formula is C9H17N5O3. The molecule has 8 heteroatoms. The fraction of sp³-hybridized carbons (Fsp3) is 0.444. The number of nitrogens with one attached hydrogen (secondary N) is 1. The number of nitrogens with two attached hydrogens (primary N) is 2. The molecule has 0 radical (unpaired) electrons. The zero-order valence-electron chi connectivity index (χ0n) is 9.30. The number of hydrogen-bond donors (Lipinski definition) is 6. The Kier molecular flexibility index (Phi) is 4.18. The van der Waals surface area contributed by atoms with Crippen LogP contribution < -0.4 is 21.7 Å². The molecule has 0 saturated carbocycles. The predicted molar refractivity (Wildman–Crippen MR) is 62.7 cm³/mol. The SMILES string of the molecule is N=c1c(N)cn(O)c(N(CCO)CCO)c1N. The fourth-order valence-corrected chi connectivity index (χ4v) is 1.53. The van der Waals surface area contributed by atoms with Crippen LogP contribution in [0.4, 0.5) is 17.2 Å². The number of rotatable bonds is 5. The maximum Gasteiger partial charge on any atom is 0.170 e. The molecule has 0 unspecified atom stereocenters. The molecule has 1 heterocycles. The van der Waals surface area contributed by atoms with Crippen molar-refractivity contribution in [1.29, 1.82) is 5.41 Å². The van der Waals surface area contributed by atoms with E-state index < -0.39 is 0 Å². The lowest BCUT2D eigenvalue weighted by Gasteiger charge is -2.25. The first-order valence-electron chi connectivity index (χ1n) is 5.04. The van der Waals surface area contributed by atoms with Crippen LogP contribution in [0.15, 0.2) is 6.20 Å². The minimum absolute atomic E-state index is 0.00519. The number of aromatic nitrogens is 1. The Balaban J connectivity index is 3.27. The van der Waals surface area contributed by atoms with Crippen LogP contribution in [0.25, 0.3) is 0 Å². The molecule has 96 valence electrons. The van der Waals surface area contributed by atoms with E-state index in [1.807, 2.05) is 0 Å². The Morgan fingerprint density at radius 3 is 2.24 bits per heavy atom. The van der Waals surface area contributed by atoms with E-state index in [-0.39, 0.29) is 48.9 Å². The Morgan fingerprint density at radius 2 is 1.76 bits per heavy atom. The number of anilines is 3. The van der Waals surface area contributed by atoms with Crippen molar-refractivity contribution in [1.82, 2.24) is 4.73 Å². The standard InChI is InChI=1S/C9H17N5O3/c10-6-5-14(17)9(8(12)7(6)11)13(1-3-15)2-4-16/h5,11,15-17H,1-4,10,12H2. The van der Waals surface area contributed by atoms with Gasteiger partial charge in [0, 0.05) is 13.1 Å². The summed E-state index contributed by atoms with van der Waals surface area (Å²) in [5, 5.41) is 35.0. The summed E-state index contributed by atoms with van der Waals surface area (Å²) in [7, 11) is 0. The molecule has 8 N–H and O–H groups in total. The molecule has 0 amide bonds. The highest BCUT2D eigenvalue weighted by Gasteiger charge is 2.16. The molecule has 8 nitrogen and oxygen atoms in total. The largest absolute Gasteiger partial charge is 0.427 e. The van der Waals surface area contributed by atoms with Gasteiger partial charge in [-0.25, -0.2) is 0 Å². The first-order valence-corrected chi connectivity index (χ1v) is 5.04. The van der Waals surface area contributed by atoms with Crippen LogP contribution in [0, 0.1) is 5.41 Å². The van der Waals surface area contributed by atoms with Gasteiger partial charge in [0.25, 0.3) is 0 Å². The van der Waals surface area contributed by atoms with Gasteiger partial charge >= 0.3 is 0 Å². The normalized spacial score (nSPS) is 10.5. The summed E-state index contributed by atoms with van der Waals surface area (Å²) < 4.78 is 0.689. The zero-order valence-corrected chi connectivity index (χ0v) is 9.30. The summed E-state index contributed by atoms with van der Waals surface area (Å²) in [6, 6.07) is 0. The van der Waals surface area contributed by atoms with Crippen molar-refractivity contribution < 1.29 is 15.4 Å². The Morgan fingerprint density at radius 1 is 1.24 bits per heavy atom. The topological polar surface area (TPSA) is 145 Å². The molecule has 1 aromatic heterocycles. The lowest BCUT2D eigenvalue weighted by atomic mass is 10.3.